The zero-order valence-electron chi connectivity index (χ0n) is 16.7. The zero-order chi connectivity index (χ0) is 20.6. The Balaban J connectivity index is 1.70. The van der Waals surface area contributed by atoms with Crippen LogP contribution in [0.25, 0.3) is 0 Å². The van der Waals surface area contributed by atoms with Gasteiger partial charge in [0.15, 0.2) is 28.6 Å². The molecule has 0 saturated carbocycles. The first-order valence-electron chi connectivity index (χ1n) is 9.46. The molecule has 8 nitrogen and oxygen atoms in total. The van der Waals surface area contributed by atoms with Gasteiger partial charge in [0, 0.05) is 19.6 Å². The van der Waals surface area contributed by atoms with Crippen molar-refractivity contribution in [1.29, 1.82) is 0 Å². The monoisotopic (exact) mass is 418 g/mol. The van der Waals surface area contributed by atoms with E-state index in [9.17, 15) is 4.79 Å². The number of amides is 1. The van der Waals surface area contributed by atoms with E-state index in [1.165, 1.54) is 11.8 Å². The van der Waals surface area contributed by atoms with Crippen LogP contribution in [0.3, 0.4) is 0 Å². The van der Waals surface area contributed by atoms with Crippen molar-refractivity contribution >= 4 is 17.7 Å². The highest BCUT2D eigenvalue weighted by Gasteiger charge is 2.22. The van der Waals surface area contributed by atoms with Crippen molar-refractivity contribution in [3.8, 4) is 11.5 Å². The minimum Gasteiger partial charge on any atom is -0.493 e. The molecule has 0 aliphatic carbocycles. The SMILES string of the molecule is C=CCn1c(SCC(=O)N2CCOCC2)nnc1C(C)Oc1ccccc1OC. The number of morpholine rings is 1. The molecule has 29 heavy (non-hydrogen) atoms. The summed E-state index contributed by atoms with van der Waals surface area (Å²) in [6.07, 6.45) is 1.42. The molecule has 1 aromatic carbocycles. The second-order valence-electron chi connectivity index (χ2n) is 6.43. The number of carbonyl (C=O) groups excluding carboxylic acids is 1. The second kappa shape index (κ2) is 10.3. The van der Waals surface area contributed by atoms with E-state index in [1.807, 2.05) is 40.7 Å². The van der Waals surface area contributed by atoms with Crippen molar-refractivity contribution in [2.75, 3.05) is 39.2 Å². The van der Waals surface area contributed by atoms with Crippen LogP contribution in [-0.4, -0.2) is 64.7 Å². The molecule has 0 bridgehead atoms. The van der Waals surface area contributed by atoms with Gasteiger partial charge in [0.05, 0.1) is 26.1 Å². The van der Waals surface area contributed by atoms with E-state index in [-0.39, 0.29) is 12.0 Å². The van der Waals surface area contributed by atoms with Gasteiger partial charge in [-0.25, -0.2) is 0 Å². The van der Waals surface area contributed by atoms with Crippen LogP contribution < -0.4 is 9.47 Å². The minimum atomic E-state index is -0.358. The number of para-hydroxylation sites is 2. The summed E-state index contributed by atoms with van der Waals surface area (Å²) in [5.41, 5.74) is 0. The number of allylic oxidation sites excluding steroid dienone is 1. The highest BCUT2D eigenvalue weighted by Crippen LogP contribution is 2.31. The Morgan fingerprint density at radius 2 is 2.03 bits per heavy atom. The molecule has 156 valence electrons. The summed E-state index contributed by atoms with van der Waals surface area (Å²) >= 11 is 1.37. The fraction of sp³-hybridized carbons (Fsp3) is 0.450. The van der Waals surface area contributed by atoms with Crippen LogP contribution in [0, 0.1) is 0 Å². The summed E-state index contributed by atoms with van der Waals surface area (Å²) < 4.78 is 18.6. The van der Waals surface area contributed by atoms with Crippen LogP contribution in [0.4, 0.5) is 0 Å². The fourth-order valence-corrected chi connectivity index (χ4v) is 3.86. The maximum Gasteiger partial charge on any atom is 0.233 e. The molecule has 1 fully saturated rings. The number of aromatic nitrogens is 3. The smallest absolute Gasteiger partial charge is 0.233 e. The summed E-state index contributed by atoms with van der Waals surface area (Å²) in [4.78, 5) is 14.2. The molecule has 3 rings (SSSR count). The molecule has 1 aliphatic heterocycles. The molecule has 1 aliphatic rings. The molecule has 2 heterocycles. The lowest BCUT2D eigenvalue weighted by molar-refractivity contribution is -0.132. The average Bonchev–Trinajstić information content (AvgIpc) is 3.16. The second-order valence-corrected chi connectivity index (χ2v) is 7.38. The predicted octanol–water partition coefficient (Wildman–Crippen LogP) is 2.56. The van der Waals surface area contributed by atoms with Gasteiger partial charge in [-0.2, -0.15) is 0 Å². The van der Waals surface area contributed by atoms with Crippen molar-refractivity contribution in [3.63, 3.8) is 0 Å². The summed E-state index contributed by atoms with van der Waals surface area (Å²) in [6, 6.07) is 7.46. The molecular formula is C20H26N4O4S. The number of rotatable bonds is 9. The lowest BCUT2D eigenvalue weighted by atomic mass is 10.3. The van der Waals surface area contributed by atoms with Gasteiger partial charge in [-0.15, -0.1) is 16.8 Å². The van der Waals surface area contributed by atoms with Gasteiger partial charge >= 0.3 is 0 Å². The third-order valence-electron chi connectivity index (χ3n) is 4.48. The number of hydrogen-bond acceptors (Lipinski definition) is 7. The standard InChI is InChI=1S/C20H26N4O4S/c1-4-9-24-19(15(2)28-17-8-6-5-7-16(17)26-3)21-22-20(24)29-14-18(25)23-10-12-27-13-11-23/h4-8,15H,1,9-14H2,2-3H3. The lowest BCUT2D eigenvalue weighted by Crippen LogP contribution is -2.41. The Hall–Kier alpha value is -2.52. The van der Waals surface area contributed by atoms with Crippen molar-refractivity contribution < 1.29 is 19.0 Å². The van der Waals surface area contributed by atoms with Gasteiger partial charge in [0.2, 0.25) is 5.91 Å². The van der Waals surface area contributed by atoms with Gasteiger partial charge in [0.25, 0.3) is 0 Å². The molecule has 2 aromatic rings. The van der Waals surface area contributed by atoms with Gasteiger partial charge in [-0.05, 0) is 19.1 Å². The highest BCUT2D eigenvalue weighted by molar-refractivity contribution is 7.99. The Kier molecular flexibility index (Phi) is 7.54. The Morgan fingerprint density at radius 1 is 1.31 bits per heavy atom. The van der Waals surface area contributed by atoms with E-state index in [0.717, 1.165) is 0 Å². The third kappa shape index (κ3) is 5.30. The van der Waals surface area contributed by atoms with Crippen molar-refractivity contribution in [2.24, 2.45) is 0 Å². The van der Waals surface area contributed by atoms with Crippen LogP contribution in [-0.2, 0) is 16.1 Å². The first-order valence-corrected chi connectivity index (χ1v) is 10.4. The van der Waals surface area contributed by atoms with Crippen molar-refractivity contribution in [1.82, 2.24) is 19.7 Å². The molecule has 1 atom stereocenters. The predicted molar refractivity (Wildman–Crippen MR) is 110 cm³/mol. The highest BCUT2D eigenvalue weighted by atomic mass is 32.2. The quantitative estimate of drug-likeness (QED) is 0.457. The van der Waals surface area contributed by atoms with Crippen LogP contribution in [0.5, 0.6) is 11.5 Å². The summed E-state index contributed by atoms with van der Waals surface area (Å²) in [6.45, 7) is 8.69. The van der Waals surface area contributed by atoms with Crippen LogP contribution in [0.15, 0.2) is 42.1 Å². The molecule has 1 amide bonds. The maximum atomic E-state index is 12.4. The Morgan fingerprint density at radius 3 is 2.72 bits per heavy atom. The van der Waals surface area contributed by atoms with E-state index >= 15 is 0 Å². The summed E-state index contributed by atoms with van der Waals surface area (Å²) in [5.74, 6) is 2.33. The van der Waals surface area contributed by atoms with E-state index in [4.69, 9.17) is 14.2 Å². The fourth-order valence-electron chi connectivity index (χ4n) is 3.00. The summed E-state index contributed by atoms with van der Waals surface area (Å²) in [5, 5.41) is 9.25. The number of ether oxygens (including phenoxy) is 3. The van der Waals surface area contributed by atoms with Crippen LogP contribution in [0.1, 0.15) is 18.9 Å². The number of methoxy groups -OCH3 is 1. The van der Waals surface area contributed by atoms with Crippen molar-refractivity contribution in [2.45, 2.75) is 24.7 Å². The molecule has 1 unspecified atom stereocenters. The Labute approximate surface area is 174 Å². The number of nitrogens with zero attached hydrogens (tertiary/aromatic N) is 4. The van der Waals surface area contributed by atoms with E-state index in [0.29, 0.717) is 61.1 Å². The van der Waals surface area contributed by atoms with E-state index in [1.54, 1.807) is 13.2 Å². The molecule has 1 aromatic heterocycles. The van der Waals surface area contributed by atoms with Gasteiger partial charge < -0.3 is 19.1 Å². The molecule has 9 heteroatoms. The normalized spacial score (nSPS) is 15.0. The van der Waals surface area contributed by atoms with Crippen LogP contribution in [0.2, 0.25) is 0 Å². The van der Waals surface area contributed by atoms with Crippen LogP contribution >= 0.6 is 11.8 Å². The molecule has 0 N–H and O–H groups in total. The average molecular weight is 419 g/mol. The number of carbonyl (C=O) groups is 1. The first-order chi connectivity index (χ1) is 14.1. The Bertz CT molecular complexity index is 836. The van der Waals surface area contributed by atoms with E-state index in [2.05, 4.69) is 16.8 Å². The lowest BCUT2D eigenvalue weighted by Gasteiger charge is -2.26. The molecule has 1 saturated heterocycles. The van der Waals surface area contributed by atoms with Gasteiger partial charge in [0.1, 0.15) is 0 Å². The number of thioether (sulfide) groups is 1. The van der Waals surface area contributed by atoms with E-state index < -0.39 is 0 Å². The largest absolute Gasteiger partial charge is 0.493 e. The minimum absolute atomic E-state index is 0.0753. The molecule has 0 spiro atoms. The van der Waals surface area contributed by atoms with Gasteiger partial charge in [-0.1, -0.05) is 30.0 Å². The van der Waals surface area contributed by atoms with Crippen molar-refractivity contribution in [3.05, 3.63) is 42.7 Å². The topological polar surface area (TPSA) is 78.7 Å². The molecule has 0 radical (unpaired) electrons. The third-order valence-corrected chi connectivity index (χ3v) is 5.43. The van der Waals surface area contributed by atoms with Gasteiger partial charge in [-0.3, -0.25) is 9.36 Å². The number of benzene rings is 1. The zero-order valence-corrected chi connectivity index (χ0v) is 17.6. The molecular weight excluding hydrogens is 392 g/mol. The summed E-state index contributed by atoms with van der Waals surface area (Å²) in [7, 11) is 1.60. The first kappa shape index (κ1) is 21.2. The maximum absolute atomic E-state index is 12.4. The number of hydrogen-bond donors (Lipinski definition) is 0.